The van der Waals surface area contributed by atoms with Gasteiger partial charge >= 0.3 is 0 Å². The van der Waals surface area contributed by atoms with Crippen molar-refractivity contribution in [1.29, 1.82) is 0 Å². The summed E-state index contributed by atoms with van der Waals surface area (Å²) in [6.45, 7) is 0.278. The van der Waals surface area contributed by atoms with Crippen LogP contribution in [-0.4, -0.2) is 53.5 Å². The Kier molecular flexibility index (Phi) is 8.31. The highest BCUT2D eigenvalue weighted by atomic mass is 19.3. The number of ether oxygens (including phenoxy) is 1. The monoisotopic (exact) mass is 519 g/mol. The fourth-order valence-corrected chi connectivity index (χ4v) is 4.83. The number of hydrogen-bond acceptors (Lipinski definition) is 6. The number of aromatic nitrogens is 1. The maximum Gasteiger partial charge on any atom is 0.265 e. The molecule has 198 valence electrons. The van der Waals surface area contributed by atoms with E-state index in [9.17, 15) is 27.8 Å². The number of aliphatic hydroxyl groups is 2. The largest absolute Gasteiger partial charge is 0.494 e. The predicted octanol–water partition coefficient (Wildman–Crippen LogP) is 4.28. The van der Waals surface area contributed by atoms with Crippen LogP contribution in [0.2, 0.25) is 0 Å². The van der Waals surface area contributed by atoms with Gasteiger partial charge in [-0.15, -0.1) is 0 Å². The molecule has 1 aromatic heterocycles. The van der Waals surface area contributed by atoms with Crippen molar-refractivity contribution in [3.63, 3.8) is 0 Å². The Labute approximate surface area is 212 Å². The van der Waals surface area contributed by atoms with Crippen LogP contribution in [-0.2, 0) is 13.2 Å². The molecule has 2 atom stereocenters. The molecule has 0 saturated carbocycles. The van der Waals surface area contributed by atoms with Crippen molar-refractivity contribution >= 4 is 5.82 Å². The molecule has 4 rings (SSSR count). The van der Waals surface area contributed by atoms with Gasteiger partial charge in [0, 0.05) is 48.6 Å². The van der Waals surface area contributed by atoms with Gasteiger partial charge in [-0.3, -0.25) is 0 Å². The van der Waals surface area contributed by atoms with E-state index >= 15 is 0 Å². The van der Waals surface area contributed by atoms with Gasteiger partial charge in [0.05, 0.1) is 19.3 Å². The lowest BCUT2D eigenvalue weighted by molar-refractivity contribution is -0.0658. The molecule has 1 aliphatic heterocycles. The van der Waals surface area contributed by atoms with E-state index in [0.29, 0.717) is 30.8 Å². The molecule has 0 amide bonds. The van der Waals surface area contributed by atoms with Crippen LogP contribution in [0.5, 0.6) is 5.75 Å². The maximum atomic E-state index is 14.6. The van der Waals surface area contributed by atoms with Crippen molar-refractivity contribution in [3.05, 3.63) is 77.5 Å². The van der Waals surface area contributed by atoms with Crippen LogP contribution in [0.1, 0.15) is 24.0 Å². The Hall–Kier alpha value is -3.21. The zero-order valence-electron chi connectivity index (χ0n) is 20.3. The molecule has 0 radical (unpaired) electrons. The molecule has 10 heteroatoms. The molecule has 0 bridgehead atoms. The topological polar surface area (TPSA) is 77.9 Å². The van der Waals surface area contributed by atoms with Gasteiger partial charge in [0.1, 0.15) is 17.7 Å². The lowest BCUT2D eigenvalue weighted by Gasteiger charge is -2.46. The lowest BCUT2D eigenvalue weighted by atomic mass is 9.83. The normalized spacial score (nSPS) is 18.8. The average molecular weight is 520 g/mol. The molecule has 3 N–H and O–H groups in total. The van der Waals surface area contributed by atoms with Crippen molar-refractivity contribution in [2.45, 2.75) is 44.1 Å². The van der Waals surface area contributed by atoms with Crippen LogP contribution >= 0.6 is 0 Å². The number of alkyl halides is 2. The van der Waals surface area contributed by atoms with Crippen molar-refractivity contribution < 1.29 is 32.5 Å². The van der Waals surface area contributed by atoms with Crippen LogP contribution < -0.4 is 15.0 Å². The van der Waals surface area contributed by atoms with Crippen molar-refractivity contribution in [2.75, 3.05) is 25.1 Å². The van der Waals surface area contributed by atoms with Crippen LogP contribution in [0.4, 0.5) is 23.4 Å². The van der Waals surface area contributed by atoms with Crippen LogP contribution in [0.25, 0.3) is 11.1 Å². The van der Waals surface area contributed by atoms with Gasteiger partial charge in [0.15, 0.2) is 11.6 Å². The van der Waals surface area contributed by atoms with Gasteiger partial charge in [0.25, 0.3) is 6.43 Å². The highest BCUT2D eigenvalue weighted by Crippen LogP contribution is 2.35. The predicted molar refractivity (Wildman–Crippen MR) is 132 cm³/mol. The first-order valence-corrected chi connectivity index (χ1v) is 11.9. The Morgan fingerprint density at radius 1 is 1.14 bits per heavy atom. The van der Waals surface area contributed by atoms with Gasteiger partial charge in [-0.2, -0.15) is 0 Å². The summed E-state index contributed by atoms with van der Waals surface area (Å²) in [5.41, 5.74) is 0.0505. The summed E-state index contributed by atoms with van der Waals surface area (Å²) >= 11 is 0. The standard InChI is InChI=1S/C27H29F4N3O3/c1-37-23-12-21(28)20(11-22(23)29)18-10-19(15-35)26(32-14-18)34-9-5-8-27(16-34,24(36)25(30)31)33-13-17-6-3-2-4-7-17/h2-4,6-7,10-12,14,24-25,33,35-36H,5,8-9,13,15-16H2,1H3. The molecule has 1 saturated heterocycles. The fourth-order valence-electron chi connectivity index (χ4n) is 4.83. The van der Waals surface area contributed by atoms with Gasteiger partial charge in [-0.05, 0) is 30.5 Å². The van der Waals surface area contributed by atoms with E-state index in [4.69, 9.17) is 4.74 Å². The first-order chi connectivity index (χ1) is 17.8. The molecule has 2 heterocycles. The number of anilines is 1. The minimum Gasteiger partial charge on any atom is -0.494 e. The van der Waals surface area contributed by atoms with Gasteiger partial charge in [0.2, 0.25) is 0 Å². The molecule has 1 fully saturated rings. The minimum absolute atomic E-state index is 0.0101. The van der Waals surface area contributed by atoms with E-state index in [1.54, 1.807) is 4.90 Å². The number of nitrogens with zero attached hydrogens (tertiary/aromatic N) is 2. The number of rotatable bonds is 9. The number of pyridine rings is 1. The summed E-state index contributed by atoms with van der Waals surface area (Å²) in [5, 5.41) is 23.8. The minimum atomic E-state index is -2.97. The quantitative estimate of drug-likeness (QED) is 0.367. The number of aliphatic hydroxyl groups excluding tert-OH is 2. The van der Waals surface area contributed by atoms with E-state index in [2.05, 4.69) is 10.3 Å². The van der Waals surface area contributed by atoms with E-state index in [1.165, 1.54) is 19.4 Å². The third kappa shape index (κ3) is 5.71. The summed E-state index contributed by atoms with van der Waals surface area (Å²) in [6, 6.07) is 12.7. The van der Waals surface area contributed by atoms with Crippen molar-refractivity contribution in [1.82, 2.24) is 10.3 Å². The Bertz CT molecular complexity index is 1220. The Morgan fingerprint density at radius 3 is 2.57 bits per heavy atom. The molecule has 2 unspecified atom stereocenters. The smallest absolute Gasteiger partial charge is 0.265 e. The Morgan fingerprint density at radius 2 is 1.89 bits per heavy atom. The van der Waals surface area contributed by atoms with Gasteiger partial charge < -0.3 is 25.2 Å². The van der Waals surface area contributed by atoms with E-state index in [0.717, 1.165) is 17.7 Å². The molecule has 3 aromatic rings. The third-order valence-corrected chi connectivity index (χ3v) is 6.78. The SMILES string of the molecule is COc1cc(F)c(-c2cnc(N3CCCC(NCc4ccccc4)(C(O)C(F)F)C3)c(CO)c2)cc1F. The summed E-state index contributed by atoms with van der Waals surface area (Å²) in [4.78, 5) is 6.13. The second kappa shape index (κ2) is 11.5. The second-order valence-corrected chi connectivity index (χ2v) is 9.13. The molecular weight excluding hydrogens is 490 g/mol. The third-order valence-electron chi connectivity index (χ3n) is 6.78. The van der Waals surface area contributed by atoms with Crippen molar-refractivity contribution in [2.24, 2.45) is 0 Å². The number of methoxy groups -OCH3 is 1. The molecule has 0 aliphatic carbocycles. The number of piperidine rings is 1. The zero-order chi connectivity index (χ0) is 26.6. The molecule has 0 spiro atoms. The first kappa shape index (κ1) is 26.8. The summed E-state index contributed by atoms with van der Waals surface area (Å²) in [7, 11) is 1.23. The highest BCUT2D eigenvalue weighted by molar-refractivity contribution is 5.68. The maximum absolute atomic E-state index is 14.6. The van der Waals surface area contributed by atoms with Gasteiger partial charge in [-0.1, -0.05) is 30.3 Å². The highest BCUT2D eigenvalue weighted by Gasteiger charge is 2.46. The summed E-state index contributed by atoms with van der Waals surface area (Å²) in [6.07, 6.45) is -2.77. The van der Waals surface area contributed by atoms with E-state index < -0.39 is 36.3 Å². The number of benzene rings is 2. The number of nitrogens with one attached hydrogen (secondary N) is 1. The molecule has 6 nitrogen and oxygen atoms in total. The summed E-state index contributed by atoms with van der Waals surface area (Å²) in [5.74, 6) is -1.38. The first-order valence-electron chi connectivity index (χ1n) is 11.9. The second-order valence-electron chi connectivity index (χ2n) is 9.13. The lowest BCUT2D eigenvalue weighted by Crippen LogP contribution is -2.65. The molecule has 2 aromatic carbocycles. The average Bonchev–Trinajstić information content (AvgIpc) is 2.92. The molecule has 1 aliphatic rings. The molecule has 37 heavy (non-hydrogen) atoms. The van der Waals surface area contributed by atoms with Crippen LogP contribution in [0, 0.1) is 11.6 Å². The molecular formula is C27H29F4N3O3. The zero-order valence-corrected chi connectivity index (χ0v) is 20.3. The number of halogens is 4. The van der Waals surface area contributed by atoms with Crippen LogP contribution in [0.3, 0.4) is 0 Å². The van der Waals surface area contributed by atoms with Crippen LogP contribution in [0.15, 0.2) is 54.7 Å². The van der Waals surface area contributed by atoms with Crippen molar-refractivity contribution in [3.8, 4) is 16.9 Å². The fraction of sp³-hybridized carbons (Fsp3) is 0.370. The summed E-state index contributed by atoms with van der Waals surface area (Å²) < 4.78 is 61.2. The van der Waals surface area contributed by atoms with E-state index in [1.807, 2.05) is 30.3 Å². The van der Waals surface area contributed by atoms with E-state index in [-0.39, 0.29) is 30.0 Å². The van der Waals surface area contributed by atoms with Gasteiger partial charge in [-0.25, -0.2) is 22.5 Å². The number of hydrogen-bond donors (Lipinski definition) is 3. The Balaban J connectivity index is 1.64.